The number of rotatable bonds is 6. The van der Waals surface area contributed by atoms with Gasteiger partial charge < -0.3 is 10.6 Å². The van der Waals surface area contributed by atoms with Gasteiger partial charge in [-0.25, -0.2) is 9.97 Å². The molecule has 0 atom stereocenters. The van der Waals surface area contributed by atoms with Gasteiger partial charge in [-0.3, -0.25) is 14.9 Å². The summed E-state index contributed by atoms with van der Waals surface area (Å²) in [5.74, 6) is 1.14. The van der Waals surface area contributed by atoms with Gasteiger partial charge in [0, 0.05) is 20.0 Å². The summed E-state index contributed by atoms with van der Waals surface area (Å²) < 4.78 is 0. The van der Waals surface area contributed by atoms with Crippen LogP contribution in [0, 0.1) is 0 Å². The van der Waals surface area contributed by atoms with E-state index < -0.39 is 0 Å². The van der Waals surface area contributed by atoms with E-state index in [0.29, 0.717) is 18.1 Å². The third kappa shape index (κ3) is 3.73. The highest BCUT2D eigenvalue weighted by atomic mass is 16.1. The standard InChI is InChI=1S/C11H15N7O/c1-12-10-6-13-5-8(17-10)11(19)14-4-2-3-9-15-7-16-18-9/h5-7H,2-4H2,1H3,(H,12,17)(H,14,19)(H,15,16,18). The van der Waals surface area contributed by atoms with Crippen molar-refractivity contribution in [3.8, 4) is 0 Å². The fourth-order valence-electron chi connectivity index (χ4n) is 1.50. The molecule has 0 unspecified atom stereocenters. The maximum absolute atomic E-state index is 11.8. The molecule has 2 aromatic heterocycles. The quantitative estimate of drug-likeness (QED) is 0.631. The Morgan fingerprint density at radius 2 is 2.32 bits per heavy atom. The highest BCUT2D eigenvalue weighted by Crippen LogP contribution is 2.00. The Hall–Kier alpha value is -2.51. The van der Waals surface area contributed by atoms with Crippen molar-refractivity contribution in [1.29, 1.82) is 0 Å². The Kier molecular flexibility index (Phi) is 4.38. The lowest BCUT2D eigenvalue weighted by molar-refractivity contribution is 0.0948. The molecule has 0 saturated carbocycles. The smallest absolute Gasteiger partial charge is 0.271 e. The van der Waals surface area contributed by atoms with Crippen LogP contribution in [0.1, 0.15) is 22.7 Å². The first kappa shape index (κ1) is 12.9. The van der Waals surface area contributed by atoms with E-state index in [2.05, 4.69) is 35.8 Å². The number of aromatic nitrogens is 5. The van der Waals surface area contributed by atoms with E-state index in [1.807, 2.05) is 0 Å². The molecule has 0 aliphatic carbocycles. The molecule has 0 aliphatic heterocycles. The largest absolute Gasteiger partial charge is 0.372 e. The van der Waals surface area contributed by atoms with Gasteiger partial charge in [0.1, 0.15) is 23.7 Å². The second kappa shape index (κ2) is 6.43. The summed E-state index contributed by atoms with van der Waals surface area (Å²) in [6.07, 6.45) is 5.97. The normalized spacial score (nSPS) is 10.2. The predicted molar refractivity (Wildman–Crippen MR) is 68.6 cm³/mol. The molecular weight excluding hydrogens is 246 g/mol. The Labute approximate surface area is 110 Å². The molecule has 8 nitrogen and oxygen atoms in total. The SMILES string of the molecule is CNc1cncc(C(=O)NCCCc2ncn[nH]2)n1. The van der Waals surface area contributed by atoms with Gasteiger partial charge in [-0.15, -0.1) is 0 Å². The van der Waals surface area contributed by atoms with Crippen molar-refractivity contribution in [2.75, 3.05) is 18.9 Å². The number of nitrogens with one attached hydrogen (secondary N) is 3. The monoisotopic (exact) mass is 261 g/mol. The molecule has 0 aromatic carbocycles. The van der Waals surface area contributed by atoms with Gasteiger partial charge in [-0.05, 0) is 6.42 Å². The first-order valence-electron chi connectivity index (χ1n) is 5.92. The zero-order valence-electron chi connectivity index (χ0n) is 10.6. The number of carbonyl (C=O) groups is 1. The fourth-order valence-corrected chi connectivity index (χ4v) is 1.50. The Bertz CT molecular complexity index is 526. The molecule has 3 N–H and O–H groups in total. The van der Waals surface area contributed by atoms with Crippen molar-refractivity contribution in [1.82, 2.24) is 30.5 Å². The molecule has 100 valence electrons. The van der Waals surface area contributed by atoms with Gasteiger partial charge in [0.15, 0.2) is 0 Å². The summed E-state index contributed by atoms with van der Waals surface area (Å²) in [7, 11) is 1.73. The van der Waals surface area contributed by atoms with Gasteiger partial charge in [0.2, 0.25) is 0 Å². The third-order valence-electron chi connectivity index (χ3n) is 2.46. The minimum Gasteiger partial charge on any atom is -0.372 e. The number of carbonyl (C=O) groups excluding carboxylic acids is 1. The maximum atomic E-state index is 11.8. The van der Waals surface area contributed by atoms with Crippen molar-refractivity contribution in [2.45, 2.75) is 12.8 Å². The van der Waals surface area contributed by atoms with E-state index in [1.54, 1.807) is 13.2 Å². The van der Waals surface area contributed by atoms with E-state index in [4.69, 9.17) is 0 Å². The van der Waals surface area contributed by atoms with Crippen molar-refractivity contribution < 1.29 is 4.79 Å². The van der Waals surface area contributed by atoms with Gasteiger partial charge >= 0.3 is 0 Å². The molecule has 0 fully saturated rings. The number of H-pyrrole nitrogens is 1. The van der Waals surface area contributed by atoms with E-state index in [-0.39, 0.29) is 5.91 Å². The second-order valence-electron chi connectivity index (χ2n) is 3.83. The molecule has 0 radical (unpaired) electrons. The number of nitrogens with zero attached hydrogens (tertiary/aromatic N) is 4. The molecule has 0 bridgehead atoms. The van der Waals surface area contributed by atoms with E-state index in [9.17, 15) is 4.79 Å². The van der Waals surface area contributed by atoms with Gasteiger partial charge in [0.05, 0.1) is 12.4 Å². The van der Waals surface area contributed by atoms with Crippen LogP contribution in [0.25, 0.3) is 0 Å². The molecule has 2 rings (SSSR count). The lowest BCUT2D eigenvalue weighted by Crippen LogP contribution is -2.26. The molecule has 1 amide bonds. The summed E-state index contributed by atoms with van der Waals surface area (Å²) in [5, 5.41) is 12.1. The summed E-state index contributed by atoms with van der Waals surface area (Å²) in [6.45, 7) is 0.547. The number of aryl methyl sites for hydroxylation is 1. The maximum Gasteiger partial charge on any atom is 0.271 e. The van der Waals surface area contributed by atoms with Gasteiger partial charge in [-0.1, -0.05) is 0 Å². The van der Waals surface area contributed by atoms with Crippen LogP contribution in [-0.4, -0.2) is 44.6 Å². The van der Waals surface area contributed by atoms with E-state index >= 15 is 0 Å². The Balaban J connectivity index is 1.77. The molecule has 2 heterocycles. The number of anilines is 1. The molecular formula is C11H15N7O. The van der Waals surface area contributed by atoms with Crippen LogP contribution in [-0.2, 0) is 6.42 Å². The van der Waals surface area contributed by atoms with Crippen molar-refractivity contribution in [3.63, 3.8) is 0 Å². The first-order valence-corrected chi connectivity index (χ1v) is 5.92. The van der Waals surface area contributed by atoms with Crippen molar-refractivity contribution in [3.05, 3.63) is 30.2 Å². The summed E-state index contributed by atoms with van der Waals surface area (Å²) >= 11 is 0. The van der Waals surface area contributed by atoms with Crippen LogP contribution in [0.4, 0.5) is 5.82 Å². The van der Waals surface area contributed by atoms with Crippen LogP contribution in [0.2, 0.25) is 0 Å². The van der Waals surface area contributed by atoms with Gasteiger partial charge in [-0.2, -0.15) is 5.10 Å². The molecule has 0 spiro atoms. The fraction of sp³-hybridized carbons (Fsp3) is 0.364. The van der Waals surface area contributed by atoms with Crippen LogP contribution in [0.3, 0.4) is 0 Å². The number of aromatic amines is 1. The second-order valence-corrected chi connectivity index (χ2v) is 3.83. The third-order valence-corrected chi connectivity index (χ3v) is 2.46. The minimum absolute atomic E-state index is 0.234. The van der Waals surface area contributed by atoms with E-state index in [1.165, 1.54) is 12.5 Å². The molecule has 19 heavy (non-hydrogen) atoms. The number of hydrogen-bond acceptors (Lipinski definition) is 6. The zero-order valence-corrected chi connectivity index (χ0v) is 10.6. The molecule has 0 aliphatic rings. The summed E-state index contributed by atoms with van der Waals surface area (Å²) in [5.41, 5.74) is 0.298. The van der Waals surface area contributed by atoms with Crippen LogP contribution in [0.15, 0.2) is 18.7 Å². The predicted octanol–water partition coefficient (Wildman–Crippen LogP) is -0.00100. The zero-order chi connectivity index (χ0) is 13.5. The van der Waals surface area contributed by atoms with Crippen molar-refractivity contribution >= 4 is 11.7 Å². The van der Waals surface area contributed by atoms with Crippen LogP contribution < -0.4 is 10.6 Å². The summed E-state index contributed by atoms with van der Waals surface area (Å²) in [6, 6.07) is 0. The number of amides is 1. The first-order chi connectivity index (χ1) is 9.29. The molecule has 2 aromatic rings. The van der Waals surface area contributed by atoms with Gasteiger partial charge in [0.25, 0.3) is 5.91 Å². The Morgan fingerprint density at radius 1 is 1.42 bits per heavy atom. The van der Waals surface area contributed by atoms with Crippen LogP contribution in [0.5, 0.6) is 0 Å². The Morgan fingerprint density at radius 3 is 3.05 bits per heavy atom. The summed E-state index contributed by atoms with van der Waals surface area (Å²) in [4.78, 5) is 23.8. The molecule has 0 saturated heterocycles. The minimum atomic E-state index is -0.234. The average Bonchev–Trinajstić information content (AvgIpc) is 2.96. The van der Waals surface area contributed by atoms with E-state index in [0.717, 1.165) is 18.7 Å². The highest BCUT2D eigenvalue weighted by molar-refractivity contribution is 5.92. The average molecular weight is 261 g/mol. The topological polar surface area (TPSA) is 108 Å². The van der Waals surface area contributed by atoms with Crippen molar-refractivity contribution in [2.24, 2.45) is 0 Å². The molecule has 8 heteroatoms. The lowest BCUT2D eigenvalue weighted by Gasteiger charge is -2.05. The highest BCUT2D eigenvalue weighted by Gasteiger charge is 2.07. The number of hydrogen-bond donors (Lipinski definition) is 3. The lowest BCUT2D eigenvalue weighted by atomic mass is 10.3. The van der Waals surface area contributed by atoms with Crippen LogP contribution >= 0.6 is 0 Å².